The zero-order valence-corrected chi connectivity index (χ0v) is 16.5. The molecule has 0 aliphatic rings. The summed E-state index contributed by atoms with van der Waals surface area (Å²) in [5.41, 5.74) is 12.0. The predicted molar refractivity (Wildman–Crippen MR) is 96.8 cm³/mol. The SMILES string of the molecule is CCCCc1cc([C](=O)[Ge])c(CCCC)c(CCCC)c1N. The van der Waals surface area contributed by atoms with Crippen LogP contribution < -0.4 is 5.73 Å². The average Bonchev–Trinajstić information content (AvgIpc) is 2.50. The molecule has 1 aromatic rings. The number of anilines is 1. The molecule has 3 radical (unpaired) electrons. The van der Waals surface area contributed by atoms with Crippen molar-refractivity contribution in [3.05, 3.63) is 28.3 Å². The molecule has 0 spiro atoms. The Labute approximate surface area is 144 Å². The van der Waals surface area contributed by atoms with Crippen LogP contribution in [0.5, 0.6) is 0 Å². The molecule has 0 amide bonds. The number of hydrogen-bond donors (Lipinski definition) is 1. The zero-order chi connectivity index (χ0) is 16.5. The maximum absolute atomic E-state index is 12.2. The summed E-state index contributed by atoms with van der Waals surface area (Å²) in [6, 6.07) is 2.08. The van der Waals surface area contributed by atoms with Crippen LogP contribution in [-0.4, -0.2) is 21.1 Å². The molecule has 0 aliphatic carbocycles. The summed E-state index contributed by atoms with van der Waals surface area (Å²) in [7, 11) is 0. The van der Waals surface area contributed by atoms with Crippen molar-refractivity contribution in [1.82, 2.24) is 0 Å². The van der Waals surface area contributed by atoms with E-state index in [-0.39, 0.29) is 4.62 Å². The van der Waals surface area contributed by atoms with Gasteiger partial charge in [0.2, 0.25) is 0 Å². The van der Waals surface area contributed by atoms with E-state index in [0.29, 0.717) is 0 Å². The third-order valence-corrected chi connectivity index (χ3v) is 4.85. The fraction of sp³-hybridized carbons (Fsp3) is 0.632. The summed E-state index contributed by atoms with van der Waals surface area (Å²) in [6.45, 7) is 6.59. The van der Waals surface area contributed by atoms with Crippen LogP contribution >= 0.6 is 0 Å². The first-order valence-corrected chi connectivity index (χ1v) is 9.80. The molecule has 22 heavy (non-hydrogen) atoms. The van der Waals surface area contributed by atoms with Gasteiger partial charge in [-0.15, -0.1) is 0 Å². The van der Waals surface area contributed by atoms with Crippen molar-refractivity contribution < 1.29 is 4.79 Å². The Balaban J connectivity index is 3.34. The molecule has 0 bridgehead atoms. The van der Waals surface area contributed by atoms with E-state index >= 15 is 0 Å². The summed E-state index contributed by atoms with van der Waals surface area (Å²) >= 11 is 1.69. The number of carbonyl (C=O) groups is 1. The molecule has 0 heterocycles. The van der Waals surface area contributed by atoms with E-state index in [9.17, 15) is 4.79 Å². The Kier molecular flexibility index (Phi) is 8.84. The Hall–Kier alpha value is -0.767. The van der Waals surface area contributed by atoms with Gasteiger partial charge in [-0.3, -0.25) is 0 Å². The normalized spacial score (nSPS) is 10.9. The fourth-order valence-electron chi connectivity index (χ4n) is 2.91. The number of nitrogens with two attached hydrogens (primary N) is 1. The number of carbonyl (C=O) groups excluding carboxylic acids is 1. The average molecular weight is 361 g/mol. The first-order valence-electron chi connectivity index (χ1n) is 8.75. The molecular formula is C19H30GeNO. The van der Waals surface area contributed by atoms with Gasteiger partial charge in [-0.2, -0.15) is 0 Å². The van der Waals surface area contributed by atoms with Crippen molar-refractivity contribution in [3.63, 3.8) is 0 Å². The van der Waals surface area contributed by atoms with Crippen LogP contribution in [0.1, 0.15) is 86.3 Å². The van der Waals surface area contributed by atoms with Gasteiger partial charge in [0.25, 0.3) is 0 Å². The minimum absolute atomic E-state index is 0.182. The van der Waals surface area contributed by atoms with E-state index in [4.69, 9.17) is 5.73 Å². The van der Waals surface area contributed by atoms with Crippen LogP contribution in [0.4, 0.5) is 5.69 Å². The Bertz CT molecular complexity index is 497. The first kappa shape index (κ1) is 19.3. The number of unbranched alkanes of at least 4 members (excludes halogenated alkanes) is 3. The number of rotatable bonds is 10. The van der Waals surface area contributed by atoms with E-state index in [1.165, 1.54) is 16.7 Å². The van der Waals surface area contributed by atoms with Gasteiger partial charge >= 0.3 is 144 Å². The number of hydrogen-bond acceptors (Lipinski definition) is 2. The summed E-state index contributed by atoms with van der Waals surface area (Å²) in [6.07, 6.45) is 9.79. The van der Waals surface area contributed by atoms with Crippen LogP contribution in [0, 0.1) is 0 Å². The molecule has 0 aliphatic heterocycles. The van der Waals surface area contributed by atoms with E-state index < -0.39 is 0 Å². The molecule has 2 nitrogen and oxygen atoms in total. The number of aryl methyl sites for hydroxylation is 1. The predicted octanol–water partition coefficient (Wildman–Crippen LogP) is 4.61. The van der Waals surface area contributed by atoms with Gasteiger partial charge in [0, 0.05) is 0 Å². The summed E-state index contributed by atoms with van der Waals surface area (Å²) in [4.78, 5) is 12.2. The Morgan fingerprint density at radius 3 is 1.95 bits per heavy atom. The second kappa shape index (κ2) is 10.1. The molecule has 121 valence electrons. The molecule has 0 saturated carbocycles. The Morgan fingerprint density at radius 2 is 1.45 bits per heavy atom. The van der Waals surface area contributed by atoms with Crippen molar-refractivity contribution in [1.29, 1.82) is 0 Å². The topological polar surface area (TPSA) is 43.1 Å². The molecule has 0 fully saturated rings. The van der Waals surface area contributed by atoms with E-state index in [1.807, 2.05) is 0 Å². The Morgan fingerprint density at radius 1 is 0.955 bits per heavy atom. The first-order chi connectivity index (χ1) is 10.6. The van der Waals surface area contributed by atoms with Crippen LogP contribution in [0.25, 0.3) is 0 Å². The minimum atomic E-state index is 0.182. The van der Waals surface area contributed by atoms with Gasteiger partial charge in [0.1, 0.15) is 0 Å². The van der Waals surface area contributed by atoms with E-state index in [1.54, 1.807) is 16.5 Å². The molecule has 0 atom stereocenters. The molecule has 1 aromatic carbocycles. The molecule has 1 rings (SSSR count). The van der Waals surface area contributed by atoms with Crippen molar-refractivity contribution in [2.24, 2.45) is 0 Å². The van der Waals surface area contributed by atoms with Gasteiger partial charge in [0.05, 0.1) is 0 Å². The number of nitrogen functional groups attached to an aromatic ring is 1. The number of benzene rings is 1. The molecular weight excluding hydrogens is 331 g/mol. The monoisotopic (exact) mass is 362 g/mol. The standard InChI is InChI=1S/C19H30GeNO/c1-4-7-10-14-13-17(19(20)22)15(11-8-5-2)16(18(14)21)12-9-6-3/h13H,4-12,21H2,1-3H3. The van der Waals surface area contributed by atoms with E-state index in [2.05, 4.69) is 26.8 Å². The van der Waals surface area contributed by atoms with Crippen molar-refractivity contribution in [3.8, 4) is 0 Å². The van der Waals surface area contributed by atoms with Gasteiger partial charge in [-0.05, 0) is 0 Å². The second-order valence-corrected chi connectivity index (χ2v) is 7.05. The molecule has 0 aromatic heterocycles. The van der Waals surface area contributed by atoms with Gasteiger partial charge in [0.15, 0.2) is 0 Å². The quantitative estimate of drug-likeness (QED) is 0.489. The van der Waals surface area contributed by atoms with Crippen molar-refractivity contribution >= 4 is 26.8 Å². The maximum atomic E-state index is 12.2. The van der Waals surface area contributed by atoms with Gasteiger partial charge < -0.3 is 0 Å². The third kappa shape index (κ3) is 5.15. The molecule has 0 unspecified atom stereocenters. The van der Waals surface area contributed by atoms with Gasteiger partial charge in [-0.1, -0.05) is 0 Å². The molecule has 3 heteroatoms. The van der Waals surface area contributed by atoms with Crippen LogP contribution in [0.15, 0.2) is 6.07 Å². The zero-order valence-electron chi connectivity index (χ0n) is 14.4. The van der Waals surface area contributed by atoms with Crippen LogP contribution in [-0.2, 0) is 19.3 Å². The van der Waals surface area contributed by atoms with Gasteiger partial charge in [-0.25, -0.2) is 0 Å². The van der Waals surface area contributed by atoms with Crippen LogP contribution in [0.3, 0.4) is 0 Å². The van der Waals surface area contributed by atoms with Crippen molar-refractivity contribution in [2.45, 2.75) is 78.6 Å². The van der Waals surface area contributed by atoms with Crippen LogP contribution in [0.2, 0.25) is 0 Å². The molecule has 0 saturated heterocycles. The fourth-order valence-corrected chi connectivity index (χ4v) is 3.38. The summed E-state index contributed by atoms with van der Waals surface area (Å²) in [5.74, 6) is 0. The van der Waals surface area contributed by atoms with Crippen molar-refractivity contribution in [2.75, 3.05) is 5.73 Å². The summed E-state index contributed by atoms with van der Waals surface area (Å²) < 4.78 is 0.182. The molecule has 2 N–H and O–H groups in total. The summed E-state index contributed by atoms with van der Waals surface area (Å²) in [5, 5.41) is 0. The van der Waals surface area contributed by atoms with E-state index in [0.717, 1.165) is 69.0 Å². The second-order valence-electron chi connectivity index (χ2n) is 6.09. The third-order valence-electron chi connectivity index (χ3n) is 4.28.